The van der Waals surface area contributed by atoms with Crippen LogP contribution >= 0.6 is 0 Å². The molecule has 0 aromatic heterocycles. The summed E-state index contributed by atoms with van der Waals surface area (Å²) in [5.74, 6) is -1.35. The first-order chi connectivity index (χ1) is 9.41. The molecule has 0 atom stereocenters. The molecule has 20 heavy (non-hydrogen) atoms. The van der Waals surface area contributed by atoms with Crippen molar-refractivity contribution in [2.24, 2.45) is 0 Å². The molecule has 8 heteroatoms. The molecular weight excluding hydrogens is 284 g/mol. The molecule has 0 radical (unpaired) electrons. The van der Waals surface area contributed by atoms with Crippen LogP contribution in [0.5, 0.6) is 11.5 Å². The molecule has 0 unspecified atom stereocenters. The van der Waals surface area contributed by atoms with E-state index in [4.69, 9.17) is 14.7 Å². The smallest absolute Gasteiger partial charge is 0.239 e. The number of nitriles is 1. The Labute approximate surface area is 117 Å². The predicted molar refractivity (Wildman–Crippen MR) is 72.4 cm³/mol. The van der Waals surface area contributed by atoms with E-state index in [2.05, 4.69) is 5.32 Å². The average Bonchev–Trinajstić information content (AvgIpc) is 2.37. The number of nitrogens with one attached hydrogen (secondary N) is 1. The second-order valence-electron chi connectivity index (χ2n) is 3.80. The Morgan fingerprint density at radius 2 is 2.05 bits per heavy atom. The van der Waals surface area contributed by atoms with E-state index >= 15 is 0 Å². The van der Waals surface area contributed by atoms with Crippen LogP contribution in [0.25, 0.3) is 0 Å². The highest BCUT2D eigenvalue weighted by Crippen LogP contribution is 2.28. The summed E-state index contributed by atoms with van der Waals surface area (Å²) in [6.07, 6.45) is 0. The quantitative estimate of drug-likeness (QED) is 0.823. The number of methoxy groups -OCH3 is 2. The Morgan fingerprint density at radius 1 is 1.35 bits per heavy atom. The Morgan fingerprint density at radius 3 is 2.60 bits per heavy atom. The summed E-state index contributed by atoms with van der Waals surface area (Å²) in [6.45, 7) is 0. The van der Waals surface area contributed by atoms with E-state index in [1.807, 2.05) is 0 Å². The molecule has 0 aliphatic heterocycles. The molecule has 0 saturated heterocycles. The highest BCUT2D eigenvalue weighted by molar-refractivity contribution is 7.92. The van der Waals surface area contributed by atoms with E-state index < -0.39 is 27.3 Å². The van der Waals surface area contributed by atoms with Crippen LogP contribution in [0.1, 0.15) is 0 Å². The van der Waals surface area contributed by atoms with Gasteiger partial charge in [0.15, 0.2) is 9.84 Å². The highest BCUT2D eigenvalue weighted by atomic mass is 32.2. The molecule has 0 fully saturated rings. The Kier molecular flexibility index (Phi) is 5.34. The fraction of sp³-hybridized carbons (Fsp3) is 0.333. The largest absolute Gasteiger partial charge is 0.497 e. The van der Waals surface area contributed by atoms with Gasteiger partial charge in [-0.15, -0.1) is 0 Å². The maximum atomic E-state index is 11.7. The van der Waals surface area contributed by atoms with Gasteiger partial charge in [-0.25, -0.2) is 8.42 Å². The van der Waals surface area contributed by atoms with Gasteiger partial charge in [0.25, 0.3) is 0 Å². The molecule has 7 nitrogen and oxygen atoms in total. The maximum absolute atomic E-state index is 11.7. The van der Waals surface area contributed by atoms with Gasteiger partial charge in [0.2, 0.25) is 5.91 Å². The summed E-state index contributed by atoms with van der Waals surface area (Å²) in [5.41, 5.74) is 0.295. The molecule has 0 heterocycles. The van der Waals surface area contributed by atoms with Crippen LogP contribution in [-0.2, 0) is 14.6 Å². The van der Waals surface area contributed by atoms with Crippen molar-refractivity contribution in [3.8, 4) is 17.6 Å². The van der Waals surface area contributed by atoms with Crippen LogP contribution in [0.15, 0.2) is 18.2 Å². The van der Waals surface area contributed by atoms with Crippen molar-refractivity contribution in [1.82, 2.24) is 0 Å². The minimum atomic E-state index is -3.73. The van der Waals surface area contributed by atoms with E-state index in [-0.39, 0.29) is 0 Å². The van der Waals surface area contributed by atoms with Gasteiger partial charge in [-0.1, -0.05) is 0 Å². The number of hydrogen-bond donors (Lipinski definition) is 1. The first kappa shape index (κ1) is 15.8. The van der Waals surface area contributed by atoms with E-state index in [1.54, 1.807) is 12.1 Å². The van der Waals surface area contributed by atoms with Gasteiger partial charge in [-0.05, 0) is 12.1 Å². The average molecular weight is 298 g/mol. The van der Waals surface area contributed by atoms with Gasteiger partial charge in [0.05, 0.1) is 26.0 Å². The van der Waals surface area contributed by atoms with Crippen LogP contribution < -0.4 is 14.8 Å². The van der Waals surface area contributed by atoms with E-state index in [9.17, 15) is 13.2 Å². The van der Waals surface area contributed by atoms with Crippen molar-refractivity contribution in [3.05, 3.63) is 18.2 Å². The number of hydrogen-bond acceptors (Lipinski definition) is 6. The molecule has 1 rings (SSSR count). The van der Waals surface area contributed by atoms with Crippen LogP contribution in [0.3, 0.4) is 0 Å². The SMILES string of the molecule is COc1ccc(OC)c(NC(=O)CS(=O)(=O)CC#N)c1. The molecule has 1 aromatic carbocycles. The molecule has 0 saturated carbocycles. The lowest BCUT2D eigenvalue weighted by molar-refractivity contribution is -0.113. The topological polar surface area (TPSA) is 105 Å². The Hall–Kier alpha value is -2.27. The summed E-state index contributed by atoms with van der Waals surface area (Å²) < 4.78 is 32.8. The number of nitrogens with zero attached hydrogens (tertiary/aromatic N) is 1. The van der Waals surface area contributed by atoms with Crippen molar-refractivity contribution in [3.63, 3.8) is 0 Å². The first-order valence-corrected chi connectivity index (χ1v) is 7.33. The van der Waals surface area contributed by atoms with Gasteiger partial charge in [0, 0.05) is 6.07 Å². The molecule has 0 aliphatic rings. The zero-order valence-corrected chi connectivity index (χ0v) is 11.9. The zero-order valence-electron chi connectivity index (χ0n) is 11.0. The lowest BCUT2D eigenvalue weighted by Gasteiger charge is -2.11. The number of amides is 1. The highest BCUT2D eigenvalue weighted by Gasteiger charge is 2.17. The first-order valence-electron chi connectivity index (χ1n) is 5.51. The van der Waals surface area contributed by atoms with Crippen LogP contribution in [0.2, 0.25) is 0 Å². The second kappa shape index (κ2) is 6.77. The second-order valence-corrected chi connectivity index (χ2v) is 5.87. The Bertz CT molecular complexity index is 634. The van der Waals surface area contributed by atoms with Crippen molar-refractivity contribution in [2.75, 3.05) is 31.0 Å². The molecule has 1 N–H and O–H groups in total. The zero-order chi connectivity index (χ0) is 15.2. The standard InChI is InChI=1S/C12H14N2O5S/c1-18-9-3-4-11(19-2)10(7-9)14-12(15)8-20(16,17)6-5-13/h3-4,7H,6,8H2,1-2H3,(H,14,15). The number of benzene rings is 1. The van der Waals surface area contributed by atoms with E-state index in [1.165, 1.54) is 26.4 Å². The number of carbonyl (C=O) groups excluding carboxylic acids is 1. The molecule has 1 amide bonds. The third-order valence-corrected chi connectivity index (χ3v) is 3.59. The minimum absolute atomic E-state index is 0.295. The fourth-order valence-electron chi connectivity index (χ4n) is 1.45. The molecule has 1 aromatic rings. The van der Waals surface area contributed by atoms with Crippen molar-refractivity contribution in [2.45, 2.75) is 0 Å². The normalized spacial score (nSPS) is 10.4. The third kappa shape index (κ3) is 4.44. The van der Waals surface area contributed by atoms with Crippen molar-refractivity contribution >= 4 is 21.4 Å². The summed E-state index contributed by atoms with van der Waals surface area (Å²) >= 11 is 0. The number of carbonyl (C=O) groups is 1. The molecular formula is C12H14N2O5S. The van der Waals surface area contributed by atoms with Crippen molar-refractivity contribution < 1.29 is 22.7 Å². The van der Waals surface area contributed by atoms with E-state index in [0.29, 0.717) is 17.2 Å². The van der Waals surface area contributed by atoms with Gasteiger partial charge >= 0.3 is 0 Å². The monoisotopic (exact) mass is 298 g/mol. The van der Waals surface area contributed by atoms with Gasteiger partial charge in [-0.2, -0.15) is 5.26 Å². The number of sulfone groups is 1. The summed E-state index contributed by atoms with van der Waals surface area (Å²) in [6, 6.07) is 6.23. The molecule has 0 bridgehead atoms. The summed E-state index contributed by atoms with van der Waals surface area (Å²) in [4.78, 5) is 11.7. The van der Waals surface area contributed by atoms with Crippen LogP contribution in [-0.4, -0.2) is 40.1 Å². The number of anilines is 1. The predicted octanol–water partition coefficient (Wildman–Crippen LogP) is 0.581. The molecule has 108 valence electrons. The lowest BCUT2D eigenvalue weighted by atomic mass is 10.2. The fourth-order valence-corrected chi connectivity index (χ4v) is 2.22. The minimum Gasteiger partial charge on any atom is -0.497 e. The van der Waals surface area contributed by atoms with Gasteiger partial charge in [0.1, 0.15) is 23.0 Å². The lowest BCUT2D eigenvalue weighted by Crippen LogP contribution is -2.24. The Balaban J connectivity index is 2.88. The number of ether oxygens (including phenoxy) is 2. The summed E-state index contributed by atoms with van der Waals surface area (Å²) in [7, 11) is -0.848. The number of rotatable bonds is 6. The van der Waals surface area contributed by atoms with Crippen molar-refractivity contribution in [1.29, 1.82) is 5.26 Å². The maximum Gasteiger partial charge on any atom is 0.239 e. The van der Waals surface area contributed by atoms with Gasteiger partial charge < -0.3 is 14.8 Å². The van der Waals surface area contributed by atoms with Gasteiger partial charge in [-0.3, -0.25) is 4.79 Å². The van der Waals surface area contributed by atoms with Crippen LogP contribution in [0.4, 0.5) is 5.69 Å². The van der Waals surface area contributed by atoms with E-state index in [0.717, 1.165) is 0 Å². The third-order valence-electron chi connectivity index (χ3n) is 2.32. The molecule has 0 spiro atoms. The summed E-state index contributed by atoms with van der Waals surface area (Å²) in [5, 5.41) is 10.8. The molecule has 0 aliphatic carbocycles. The van der Waals surface area contributed by atoms with Crippen LogP contribution in [0, 0.1) is 11.3 Å².